The molecular weight excluding hydrogens is 336 g/mol. The number of ether oxygens (including phenoxy) is 3. The highest BCUT2D eigenvalue weighted by Gasteiger charge is 2.16. The summed E-state index contributed by atoms with van der Waals surface area (Å²) in [5.74, 6) is 2.28. The number of hydrogen-bond acceptors (Lipinski definition) is 5. The molecule has 7 nitrogen and oxygen atoms in total. The number of nitrogens with one attached hydrogen (secondary N) is 1. The Morgan fingerprint density at radius 3 is 2.96 bits per heavy atom. The van der Waals surface area contributed by atoms with E-state index >= 15 is 0 Å². The lowest BCUT2D eigenvalue weighted by molar-refractivity contribution is 0.104. The van der Waals surface area contributed by atoms with E-state index < -0.39 is 0 Å². The Morgan fingerprint density at radius 2 is 2.15 bits per heavy atom. The molecule has 0 unspecified atom stereocenters. The molecule has 1 aliphatic heterocycles. The highest BCUT2D eigenvalue weighted by Crippen LogP contribution is 2.32. The number of rotatable bonds is 9. The van der Waals surface area contributed by atoms with Gasteiger partial charge in [-0.3, -0.25) is 0 Å². The summed E-state index contributed by atoms with van der Waals surface area (Å²) in [6.07, 6.45) is 2.37. The minimum atomic E-state index is -0.0869. The van der Waals surface area contributed by atoms with E-state index in [1.807, 2.05) is 37.3 Å². The quantitative estimate of drug-likeness (QED) is 0.696. The third-order valence-electron chi connectivity index (χ3n) is 4.05. The van der Waals surface area contributed by atoms with Crippen LogP contribution in [0.2, 0.25) is 0 Å². The molecule has 26 heavy (non-hydrogen) atoms. The maximum absolute atomic E-state index is 12.3. The van der Waals surface area contributed by atoms with E-state index in [0.29, 0.717) is 32.8 Å². The van der Waals surface area contributed by atoms with Crippen molar-refractivity contribution < 1.29 is 23.4 Å². The number of fused-ring (bicyclic) bond motifs is 1. The van der Waals surface area contributed by atoms with Gasteiger partial charge in [-0.2, -0.15) is 0 Å². The molecule has 1 aromatic carbocycles. The zero-order valence-electron chi connectivity index (χ0n) is 14.9. The molecule has 7 heteroatoms. The highest BCUT2D eigenvalue weighted by molar-refractivity contribution is 5.74. The Hall–Kier alpha value is -2.67. The van der Waals surface area contributed by atoms with Gasteiger partial charge in [-0.1, -0.05) is 6.07 Å². The summed E-state index contributed by atoms with van der Waals surface area (Å²) in [5.41, 5.74) is 1.01. The van der Waals surface area contributed by atoms with Crippen molar-refractivity contribution in [1.82, 2.24) is 10.2 Å². The lowest BCUT2D eigenvalue weighted by Crippen LogP contribution is -2.40. The summed E-state index contributed by atoms with van der Waals surface area (Å²) in [4.78, 5) is 14.1. The van der Waals surface area contributed by atoms with E-state index in [1.54, 1.807) is 11.2 Å². The van der Waals surface area contributed by atoms with Crippen LogP contribution in [0.5, 0.6) is 11.5 Å². The molecule has 0 saturated heterocycles. The van der Waals surface area contributed by atoms with Gasteiger partial charge in [0.05, 0.1) is 6.26 Å². The molecule has 0 atom stereocenters. The third kappa shape index (κ3) is 4.92. The van der Waals surface area contributed by atoms with Gasteiger partial charge in [-0.05, 0) is 43.2 Å². The number of carbonyl (C=O) groups is 1. The smallest absolute Gasteiger partial charge is 0.317 e. The third-order valence-corrected chi connectivity index (χ3v) is 4.05. The van der Waals surface area contributed by atoms with E-state index in [0.717, 1.165) is 29.2 Å². The summed E-state index contributed by atoms with van der Waals surface area (Å²) in [5, 5.41) is 2.93. The monoisotopic (exact) mass is 360 g/mol. The van der Waals surface area contributed by atoms with Gasteiger partial charge in [0.1, 0.15) is 12.4 Å². The van der Waals surface area contributed by atoms with Gasteiger partial charge in [-0.25, -0.2) is 4.79 Å². The van der Waals surface area contributed by atoms with Gasteiger partial charge in [-0.15, -0.1) is 0 Å². The number of benzene rings is 1. The Bertz CT molecular complexity index is 702. The SMILES string of the molecule is CCN(Cc1ccc2c(c1)OCO2)C(=O)NCCCOCc1ccco1. The summed E-state index contributed by atoms with van der Waals surface area (Å²) in [6.45, 7) is 4.93. The molecule has 0 bridgehead atoms. The Morgan fingerprint density at radius 1 is 1.27 bits per heavy atom. The summed E-state index contributed by atoms with van der Waals surface area (Å²) >= 11 is 0. The van der Waals surface area contributed by atoms with Gasteiger partial charge in [0.15, 0.2) is 11.5 Å². The molecule has 2 aromatic rings. The molecule has 1 N–H and O–H groups in total. The van der Waals surface area contributed by atoms with Gasteiger partial charge in [0, 0.05) is 26.2 Å². The number of furan rings is 1. The normalized spacial score (nSPS) is 12.2. The van der Waals surface area contributed by atoms with Crippen LogP contribution < -0.4 is 14.8 Å². The maximum atomic E-state index is 12.3. The van der Waals surface area contributed by atoms with Crippen LogP contribution in [0.1, 0.15) is 24.7 Å². The van der Waals surface area contributed by atoms with Crippen molar-refractivity contribution in [2.45, 2.75) is 26.5 Å². The average Bonchev–Trinajstić information content (AvgIpc) is 3.33. The lowest BCUT2D eigenvalue weighted by atomic mass is 10.2. The van der Waals surface area contributed by atoms with Crippen LogP contribution in [-0.4, -0.2) is 37.4 Å². The molecule has 0 aliphatic carbocycles. The molecule has 1 aromatic heterocycles. The van der Waals surface area contributed by atoms with Crippen molar-refractivity contribution >= 4 is 6.03 Å². The van der Waals surface area contributed by atoms with Gasteiger partial charge >= 0.3 is 6.03 Å². The molecule has 0 radical (unpaired) electrons. The van der Waals surface area contributed by atoms with Crippen LogP contribution in [0.25, 0.3) is 0 Å². The Labute approximate surface area is 152 Å². The van der Waals surface area contributed by atoms with Crippen molar-refractivity contribution in [3.8, 4) is 11.5 Å². The second-order valence-corrected chi connectivity index (χ2v) is 5.92. The molecule has 1 aliphatic rings. The van der Waals surface area contributed by atoms with Crippen molar-refractivity contribution in [1.29, 1.82) is 0 Å². The fourth-order valence-corrected chi connectivity index (χ4v) is 2.64. The van der Waals surface area contributed by atoms with E-state index in [4.69, 9.17) is 18.6 Å². The first kappa shape index (κ1) is 18.1. The maximum Gasteiger partial charge on any atom is 0.317 e. The number of carbonyl (C=O) groups excluding carboxylic acids is 1. The summed E-state index contributed by atoms with van der Waals surface area (Å²) < 4.78 is 21.4. The number of amides is 2. The number of nitrogens with zero attached hydrogens (tertiary/aromatic N) is 1. The van der Waals surface area contributed by atoms with Crippen molar-refractivity contribution in [3.63, 3.8) is 0 Å². The minimum absolute atomic E-state index is 0.0869. The number of hydrogen-bond donors (Lipinski definition) is 1. The van der Waals surface area contributed by atoms with Crippen LogP contribution in [0.3, 0.4) is 0 Å². The first-order valence-corrected chi connectivity index (χ1v) is 8.77. The number of urea groups is 1. The standard InChI is InChI=1S/C19H24N2O5/c1-2-21(12-15-6-7-17-18(11-15)26-14-25-17)19(22)20-8-4-9-23-13-16-5-3-10-24-16/h3,5-7,10-11H,2,4,8-9,12-14H2,1H3,(H,20,22). The van der Waals surface area contributed by atoms with Gasteiger partial charge in [0.25, 0.3) is 0 Å². The lowest BCUT2D eigenvalue weighted by Gasteiger charge is -2.21. The van der Waals surface area contributed by atoms with Crippen LogP contribution >= 0.6 is 0 Å². The zero-order valence-corrected chi connectivity index (χ0v) is 14.9. The average molecular weight is 360 g/mol. The Balaban J connectivity index is 1.36. The van der Waals surface area contributed by atoms with Crippen molar-refractivity contribution in [2.75, 3.05) is 26.5 Å². The second-order valence-electron chi connectivity index (χ2n) is 5.92. The fourth-order valence-electron chi connectivity index (χ4n) is 2.64. The first-order valence-electron chi connectivity index (χ1n) is 8.77. The van der Waals surface area contributed by atoms with Crippen molar-refractivity contribution in [3.05, 3.63) is 47.9 Å². The molecule has 2 amide bonds. The van der Waals surface area contributed by atoms with Crippen LogP contribution in [0, 0.1) is 0 Å². The zero-order chi connectivity index (χ0) is 18.2. The predicted octanol–water partition coefficient (Wildman–Crippen LogP) is 3.15. The second kappa shape index (κ2) is 9.15. The van der Waals surface area contributed by atoms with Crippen LogP contribution in [0.4, 0.5) is 4.79 Å². The predicted molar refractivity (Wildman–Crippen MR) is 95.0 cm³/mol. The Kier molecular flexibility index (Phi) is 6.38. The van der Waals surface area contributed by atoms with E-state index in [9.17, 15) is 4.79 Å². The van der Waals surface area contributed by atoms with Crippen LogP contribution in [0.15, 0.2) is 41.0 Å². The molecule has 2 heterocycles. The molecule has 0 saturated carbocycles. The van der Waals surface area contributed by atoms with E-state index in [2.05, 4.69) is 5.32 Å². The summed E-state index contributed by atoms with van der Waals surface area (Å²) in [6, 6.07) is 9.36. The van der Waals surface area contributed by atoms with Crippen LogP contribution in [-0.2, 0) is 17.9 Å². The van der Waals surface area contributed by atoms with E-state index in [-0.39, 0.29) is 12.8 Å². The highest BCUT2D eigenvalue weighted by atomic mass is 16.7. The molecule has 0 fully saturated rings. The van der Waals surface area contributed by atoms with Crippen molar-refractivity contribution in [2.24, 2.45) is 0 Å². The minimum Gasteiger partial charge on any atom is -0.467 e. The molecule has 0 spiro atoms. The first-order chi connectivity index (χ1) is 12.8. The van der Waals surface area contributed by atoms with Gasteiger partial charge < -0.3 is 28.8 Å². The van der Waals surface area contributed by atoms with E-state index in [1.165, 1.54) is 0 Å². The molecule has 140 valence electrons. The summed E-state index contributed by atoms with van der Waals surface area (Å²) in [7, 11) is 0. The molecule has 3 rings (SSSR count). The largest absolute Gasteiger partial charge is 0.467 e. The molecular formula is C19H24N2O5. The topological polar surface area (TPSA) is 73.2 Å². The fraction of sp³-hybridized carbons (Fsp3) is 0.421. The van der Waals surface area contributed by atoms with Gasteiger partial charge in [0.2, 0.25) is 6.79 Å².